The maximum absolute atomic E-state index is 12.3. The third-order valence-electron chi connectivity index (χ3n) is 4.41. The molecule has 1 fully saturated rings. The second-order valence-electron chi connectivity index (χ2n) is 6.51. The molecule has 11 heteroatoms. The Morgan fingerprint density at radius 3 is 2.64 bits per heavy atom. The number of rotatable bonds is 10. The normalized spacial score (nSPS) is 14.6. The van der Waals surface area contributed by atoms with Gasteiger partial charge in [0.1, 0.15) is 18.0 Å². The number of hydrogen-bond donors (Lipinski definition) is 1. The van der Waals surface area contributed by atoms with Gasteiger partial charge in [-0.15, -0.1) is 0 Å². The lowest BCUT2D eigenvalue weighted by atomic mass is 10.2. The zero-order valence-corrected chi connectivity index (χ0v) is 17.6. The summed E-state index contributed by atoms with van der Waals surface area (Å²) >= 11 is 1.82. The predicted octanol–water partition coefficient (Wildman–Crippen LogP) is 2.16. The number of non-ortho nitro benzene ring substituents is 1. The van der Waals surface area contributed by atoms with Crippen molar-refractivity contribution >= 4 is 39.1 Å². The van der Waals surface area contributed by atoms with E-state index in [9.17, 15) is 23.3 Å². The number of nitro groups is 1. The summed E-state index contributed by atoms with van der Waals surface area (Å²) in [4.78, 5) is 22.7. The summed E-state index contributed by atoms with van der Waals surface area (Å²) < 4.78 is 30.4. The highest BCUT2D eigenvalue weighted by Crippen LogP contribution is 2.33. The number of carbonyl (C=O) groups is 1. The van der Waals surface area contributed by atoms with E-state index in [2.05, 4.69) is 5.32 Å². The van der Waals surface area contributed by atoms with E-state index in [1.165, 1.54) is 44.9 Å². The van der Waals surface area contributed by atoms with Crippen molar-refractivity contribution in [2.75, 3.05) is 36.5 Å². The predicted molar refractivity (Wildman–Crippen MR) is 110 cm³/mol. The van der Waals surface area contributed by atoms with Crippen molar-refractivity contribution in [1.29, 1.82) is 0 Å². The van der Waals surface area contributed by atoms with E-state index in [1.807, 2.05) is 11.8 Å². The molecule has 0 aromatic heterocycles. The molecule has 0 saturated heterocycles. The first-order valence-corrected chi connectivity index (χ1v) is 11.8. The monoisotopic (exact) mass is 431 g/mol. The number of thioether (sulfide) groups is 1. The summed E-state index contributed by atoms with van der Waals surface area (Å²) in [6, 6.07) is 3.61. The topological polar surface area (TPSA) is 119 Å². The maximum Gasteiger partial charge on any atom is 0.271 e. The van der Waals surface area contributed by atoms with Gasteiger partial charge in [0.15, 0.2) is 0 Å². The first-order valence-electron chi connectivity index (χ1n) is 8.91. The van der Waals surface area contributed by atoms with E-state index in [1.54, 1.807) is 0 Å². The molecule has 0 unspecified atom stereocenters. The number of nitrogens with zero attached hydrogens (tertiary/aromatic N) is 2. The Bertz CT molecular complexity index is 809. The minimum Gasteiger partial charge on any atom is -0.495 e. The van der Waals surface area contributed by atoms with Crippen molar-refractivity contribution in [2.45, 2.75) is 30.9 Å². The number of ether oxygens (including phenoxy) is 1. The van der Waals surface area contributed by atoms with Crippen LogP contribution in [0, 0.1) is 10.1 Å². The second-order valence-corrected chi connectivity index (χ2v) is 9.83. The van der Waals surface area contributed by atoms with Gasteiger partial charge >= 0.3 is 0 Å². The number of nitrogens with one attached hydrogen (secondary N) is 1. The van der Waals surface area contributed by atoms with Crippen LogP contribution in [-0.4, -0.2) is 56.7 Å². The molecule has 1 aromatic carbocycles. The van der Waals surface area contributed by atoms with Gasteiger partial charge in [0, 0.05) is 29.7 Å². The molecule has 9 nitrogen and oxygen atoms in total. The molecule has 156 valence electrons. The molecule has 1 N–H and O–H groups in total. The highest BCUT2D eigenvalue weighted by Gasteiger charge is 2.26. The molecular weight excluding hydrogens is 406 g/mol. The van der Waals surface area contributed by atoms with E-state index < -0.39 is 27.4 Å². The van der Waals surface area contributed by atoms with Crippen LogP contribution in [-0.2, 0) is 14.8 Å². The Balaban J connectivity index is 2.06. The number of hydrogen-bond acceptors (Lipinski definition) is 7. The number of methoxy groups -OCH3 is 1. The van der Waals surface area contributed by atoms with Crippen molar-refractivity contribution in [2.24, 2.45) is 0 Å². The summed E-state index contributed by atoms with van der Waals surface area (Å²) in [7, 11) is -2.54. The van der Waals surface area contributed by atoms with Crippen molar-refractivity contribution in [3.05, 3.63) is 28.3 Å². The van der Waals surface area contributed by atoms with Gasteiger partial charge in [-0.05, 0) is 18.9 Å². The van der Waals surface area contributed by atoms with Gasteiger partial charge in [0.25, 0.3) is 5.69 Å². The van der Waals surface area contributed by atoms with Crippen LogP contribution in [0.5, 0.6) is 5.75 Å². The highest BCUT2D eigenvalue weighted by atomic mass is 32.2. The minimum absolute atomic E-state index is 0.0466. The summed E-state index contributed by atoms with van der Waals surface area (Å²) in [5, 5.41) is 14.4. The smallest absolute Gasteiger partial charge is 0.271 e. The third-order valence-corrected chi connectivity index (χ3v) is 6.92. The van der Waals surface area contributed by atoms with Crippen LogP contribution in [0.15, 0.2) is 18.2 Å². The van der Waals surface area contributed by atoms with Crippen molar-refractivity contribution < 1.29 is 22.9 Å². The van der Waals surface area contributed by atoms with Gasteiger partial charge in [-0.1, -0.05) is 12.8 Å². The molecule has 1 amide bonds. The van der Waals surface area contributed by atoms with Gasteiger partial charge in [0.2, 0.25) is 15.9 Å². The standard InChI is InChI=1S/C17H25N3O6S2/c1-26-16-8-7-13(20(22)23)11-15(16)19(28(2,24)25)12-17(21)18-9-10-27-14-5-3-4-6-14/h7-8,11,14H,3-6,9-10,12H2,1-2H3,(H,18,21). The van der Waals surface area contributed by atoms with Crippen LogP contribution in [0.25, 0.3) is 0 Å². The summed E-state index contributed by atoms with van der Waals surface area (Å²) in [6.45, 7) is -0.0475. The Labute approximate surface area is 169 Å². The van der Waals surface area contributed by atoms with Gasteiger partial charge in [-0.3, -0.25) is 19.2 Å². The number of nitro benzene ring substituents is 1. The zero-order chi connectivity index (χ0) is 20.7. The van der Waals surface area contributed by atoms with Gasteiger partial charge in [0.05, 0.1) is 18.3 Å². The number of sulfonamides is 1. The Kier molecular flexibility index (Phi) is 7.93. The second kappa shape index (κ2) is 9.97. The first-order chi connectivity index (χ1) is 13.2. The first kappa shape index (κ1) is 22.3. The number of benzene rings is 1. The molecule has 0 spiro atoms. The van der Waals surface area contributed by atoms with E-state index in [0.29, 0.717) is 11.8 Å². The molecule has 2 rings (SSSR count). The molecule has 28 heavy (non-hydrogen) atoms. The van der Waals surface area contributed by atoms with Crippen LogP contribution < -0.4 is 14.4 Å². The SMILES string of the molecule is COc1ccc([N+](=O)[O-])cc1N(CC(=O)NCCSC1CCCC1)S(C)(=O)=O. The van der Waals surface area contributed by atoms with E-state index in [-0.39, 0.29) is 17.1 Å². The van der Waals surface area contributed by atoms with Crippen molar-refractivity contribution in [3.8, 4) is 5.75 Å². The van der Waals surface area contributed by atoms with E-state index >= 15 is 0 Å². The fraction of sp³-hybridized carbons (Fsp3) is 0.588. The summed E-state index contributed by atoms with van der Waals surface area (Å²) in [5.41, 5.74) is -0.340. The summed E-state index contributed by atoms with van der Waals surface area (Å²) in [6.07, 6.45) is 5.84. The van der Waals surface area contributed by atoms with Crippen LogP contribution >= 0.6 is 11.8 Å². The fourth-order valence-corrected chi connectivity index (χ4v) is 5.10. The largest absolute Gasteiger partial charge is 0.495 e. The molecule has 0 heterocycles. The van der Waals surface area contributed by atoms with Crippen LogP contribution in [0.3, 0.4) is 0 Å². The maximum atomic E-state index is 12.3. The van der Waals surface area contributed by atoms with Crippen LogP contribution in [0.1, 0.15) is 25.7 Å². The van der Waals surface area contributed by atoms with Crippen LogP contribution in [0.2, 0.25) is 0 Å². The van der Waals surface area contributed by atoms with Gasteiger partial charge in [-0.2, -0.15) is 11.8 Å². The van der Waals surface area contributed by atoms with Gasteiger partial charge in [-0.25, -0.2) is 8.42 Å². The minimum atomic E-state index is -3.87. The molecule has 1 aliphatic carbocycles. The molecule has 0 atom stereocenters. The molecule has 0 bridgehead atoms. The van der Waals surface area contributed by atoms with Crippen molar-refractivity contribution in [1.82, 2.24) is 5.32 Å². The Morgan fingerprint density at radius 1 is 1.39 bits per heavy atom. The highest BCUT2D eigenvalue weighted by molar-refractivity contribution is 7.99. The average molecular weight is 432 g/mol. The summed E-state index contributed by atoms with van der Waals surface area (Å²) in [5.74, 6) is 0.404. The molecule has 0 aliphatic heterocycles. The quantitative estimate of drug-likeness (QED) is 0.342. The van der Waals surface area contributed by atoms with E-state index in [4.69, 9.17) is 4.74 Å². The Morgan fingerprint density at radius 2 is 2.07 bits per heavy atom. The average Bonchev–Trinajstić information content (AvgIpc) is 3.15. The van der Waals surface area contributed by atoms with Gasteiger partial charge < -0.3 is 10.1 Å². The van der Waals surface area contributed by atoms with E-state index in [0.717, 1.165) is 22.4 Å². The Hall–Kier alpha value is -2.01. The molecule has 1 aromatic rings. The molecule has 1 saturated carbocycles. The molecule has 1 aliphatic rings. The lowest BCUT2D eigenvalue weighted by molar-refractivity contribution is -0.384. The zero-order valence-electron chi connectivity index (χ0n) is 15.9. The molecular formula is C17H25N3O6S2. The molecule has 0 radical (unpaired) electrons. The number of carbonyl (C=O) groups excluding carboxylic acids is 1. The van der Waals surface area contributed by atoms with Crippen molar-refractivity contribution in [3.63, 3.8) is 0 Å². The fourth-order valence-electron chi connectivity index (χ4n) is 3.03. The number of amides is 1. The van der Waals surface area contributed by atoms with Crippen LogP contribution in [0.4, 0.5) is 11.4 Å². The lowest BCUT2D eigenvalue weighted by Crippen LogP contribution is -2.41. The number of anilines is 1. The lowest BCUT2D eigenvalue weighted by Gasteiger charge is -2.23. The third kappa shape index (κ3) is 6.26.